The van der Waals surface area contributed by atoms with Crippen LogP contribution in [0.15, 0.2) is 224 Å². The van der Waals surface area contributed by atoms with E-state index in [0.29, 0.717) is 11.1 Å². The molecule has 9 aromatic carbocycles. The predicted octanol–water partition coefficient (Wildman–Crippen LogP) is 14.4. The van der Waals surface area contributed by atoms with E-state index in [0.717, 1.165) is 20.3 Å². The van der Waals surface area contributed by atoms with Crippen molar-refractivity contribution in [3.8, 4) is 67.8 Å². The SMILES string of the molecule is [2H]c1c([2H])c([2H])c(-c2c([2H])c([2H])c3c4c([2H])c([2H])c([2H])c([2H])c4n(-c4nc(-c5cccc(-c6cccc(-c7ccccc7)c6)c5)nc(-n5c6c([2H])c([2H])c([2H])c([2H])c6c6c([2H])c([2H])c(-c7c([2H])c([2H])c([2H])c([2H])c7[2H])c([2H])c65)n4)c3c2[2H])c([2H])c1[2H]. The molecule has 62 heavy (non-hydrogen) atoms. The van der Waals surface area contributed by atoms with E-state index in [1.165, 1.54) is 0 Å². The summed E-state index contributed by atoms with van der Waals surface area (Å²) in [5, 5.41) is -1.82. The third-order valence-electron chi connectivity index (χ3n) is 10.3. The van der Waals surface area contributed by atoms with E-state index < -0.39 is 223 Å². The van der Waals surface area contributed by atoms with Crippen LogP contribution in [0.4, 0.5) is 0 Å². The van der Waals surface area contributed by atoms with E-state index in [9.17, 15) is 13.7 Å². The van der Waals surface area contributed by atoms with Gasteiger partial charge < -0.3 is 0 Å². The maximum absolute atomic E-state index is 9.98. The van der Waals surface area contributed by atoms with Crippen molar-refractivity contribution in [2.75, 3.05) is 0 Å². The minimum atomic E-state index is -0.866. The second kappa shape index (κ2) is 14.7. The Hall–Kier alpha value is -8.41. The lowest BCUT2D eigenvalue weighted by molar-refractivity contribution is 0.893. The van der Waals surface area contributed by atoms with Crippen molar-refractivity contribution >= 4 is 43.6 Å². The molecular weight excluding hydrogens is 755 g/mol. The van der Waals surface area contributed by atoms with E-state index in [4.69, 9.17) is 34.1 Å². The van der Waals surface area contributed by atoms with Crippen LogP contribution in [-0.2, 0) is 0 Å². The van der Waals surface area contributed by atoms with Crippen LogP contribution in [0.5, 0.6) is 0 Å². The van der Waals surface area contributed by atoms with Crippen LogP contribution in [0.1, 0.15) is 32.9 Å². The predicted molar refractivity (Wildman–Crippen MR) is 256 cm³/mol. The van der Waals surface area contributed by atoms with Crippen LogP contribution in [0, 0.1) is 0 Å². The van der Waals surface area contributed by atoms with Gasteiger partial charge in [-0.1, -0.05) is 188 Å². The fourth-order valence-corrected chi connectivity index (χ4v) is 7.45. The van der Waals surface area contributed by atoms with Crippen LogP contribution in [0.2, 0.25) is 0 Å². The Morgan fingerprint density at radius 2 is 0.726 bits per heavy atom. The smallest absolute Gasteiger partial charge is 0.240 e. The highest BCUT2D eigenvalue weighted by Gasteiger charge is 2.21. The van der Waals surface area contributed by atoms with Crippen LogP contribution in [-0.4, -0.2) is 24.1 Å². The maximum Gasteiger partial charge on any atom is 0.240 e. The average molecular weight is 816 g/mol. The summed E-state index contributed by atoms with van der Waals surface area (Å²) in [4.78, 5) is 14.7. The van der Waals surface area contributed by atoms with Crippen LogP contribution in [0.3, 0.4) is 0 Å². The molecule has 0 atom stereocenters. The molecular formula is C57H37N5. The molecule has 5 heteroatoms. The number of fused-ring (bicyclic) bond motifs is 6. The minimum Gasteiger partial charge on any atom is -0.278 e. The zero-order chi connectivity index (χ0) is 61.9. The minimum absolute atomic E-state index is 0.170. The number of nitrogens with zero attached hydrogens (tertiary/aromatic N) is 5. The van der Waals surface area contributed by atoms with Gasteiger partial charge in [-0.3, -0.25) is 9.13 Å². The Kier molecular flexibility index (Phi) is 4.48. The summed E-state index contributed by atoms with van der Waals surface area (Å²) in [5.74, 6) is -1.68. The lowest BCUT2D eigenvalue weighted by Crippen LogP contribution is -2.10. The van der Waals surface area contributed by atoms with Gasteiger partial charge in [-0.2, -0.15) is 15.0 Å². The highest BCUT2D eigenvalue weighted by atomic mass is 15.3. The number of aromatic nitrogens is 5. The number of hydrogen-bond acceptors (Lipinski definition) is 3. The third kappa shape index (κ3) is 6.06. The van der Waals surface area contributed by atoms with Gasteiger partial charge in [0.25, 0.3) is 0 Å². The quantitative estimate of drug-likeness (QED) is 0.161. The largest absolute Gasteiger partial charge is 0.278 e. The number of hydrogen-bond donors (Lipinski definition) is 0. The summed E-state index contributed by atoms with van der Waals surface area (Å²) in [7, 11) is 0. The van der Waals surface area contributed by atoms with Crippen molar-refractivity contribution in [2.45, 2.75) is 0 Å². The number of para-hydroxylation sites is 2. The van der Waals surface area contributed by atoms with Crippen molar-refractivity contribution in [3.05, 3.63) is 224 Å². The van der Waals surface area contributed by atoms with Crippen molar-refractivity contribution in [3.63, 3.8) is 0 Å². The molecule has 0 fully saturated rings. The Morgan fingerprint density at radius 1 is 0.306 bits per heavy atom. The molecule has 0 unspecified atom stereocenters. The van der Waals surface area contributed by atoms with Gasteiger partial charge >= 0.3 is 0 Å². The molecule has 0 saturated carbocycles. The summed E-state index contributed by atoms with van der Waals surface area (Å²) in [6.07, 6.45) is 0. The van der Waals surface area contributed by atoms with Gasteiger partial charge in [-0.25, -0.2) is 0 Å². The maximum atomic E-state index is 9.98. The Morgan fingerprint density at radius 3 is 1.26 bits per heavy atom. The molecule has 0 bridgehead atoms. The molecule has 0 spiro atoms. The van der Waals surface area contributed by atoms with Gasteiger partial charge in [0.1, 0.15) is 0 Å². The fourth-order valence-electron chi connectivity index (χ4n) is 7.45. The number of benzene rings is 9. The van der Waals surface area contributed by atoms with Crippen LogP contribution >= 0.6 is 0 Å². The fraction of sp³-hybridized carbons (Fsp3) is 0. The molecule has 0 aliphatic carbocycles. The molecule has 0 aliphatic rings. The normalized spacial score (nSPS) is 17.0. The molecule has 0 amide bonds. The molecule has 12 aromatic rings. The van der Waals surface area contributed by atoms with E-state index in [2.05, 4.69) is 0 Å². The van der Waals surface area contributed by atoms with Crippen molar-refractivity contribution in [1.29, 1.82) is 0 Å². The lowest BCUT2D eigenvalue weighted by Gasteiger charge is -2.14. The standard InChI is InChI=1S/C57H37N5/c1-4-16-38(17-5-1)41-22-14-23-42(34-41)43-24-15-25-46(35-43)55-58-56(61-51-28-12-10-26-47(51)49-32-30-44(36-53(49)61)39-18-6-2-7-19-39)60-57(59-55)62-52-29-13-11-27-48(52)50-33-31-45(37-54(50)62)40-20-8-3-9-21-40/h1-37H/i2D,3D,6D,7D,8D,9D,10D,11D,12D,13D,18D,19D,20D,21D,26D,27D,28D,29D,30D,31D,32D,33D,36D,37D. The highest BCUT2D eigenvalue weighted by molar-refractivity contribution is 6.11. The summed E-state index contributed by atoms with van der Waals surface area (Å²) >= 11 is 0. The first kappa shape index (κ1) is 18.9. The first-order valence-electron chi connectivity index (χ1n) is 31.0. The van der Waals surface area contributed by atoms with Gasteiger partial charge in [-0.15, -0.1) is 0 Å². The van der Waals surface area contributed by atoms with Gasteiger partial charge in [0.05, 0.1) is 55.0 Å². The molecule has 290 valence electrons. The van der Waals surface area contributed by atoms with Gasteiger partial charge in [0.15, 0.2) is 5.82 Å². The first-order valence-corrected chi connectivity index (χ1v) is 19.0. The highest BCUT2D eigenvalue weighted by Crippen LogP contribution is 2.38. The molecule has 3 heterocycles. The molecule has 5 nitrogen and oxygen atoms in total. The van der Waals surface area contributed by atoms with E-state index in [1.807, 2.05) is 54.6 Å². The Labute approximate surface area is 392 Å². The van der Waals surface area contributed by atoms with E-state index in [1.54, 1.807) is 24.3 Å². The van der Waals surface area contributed by atoms with Crippen LogP contribution < -0.4 is 0 Å². The van der Waals surface area contributed by atoms with Gasteiger partial charge in [0, 0.05) is 27.1 Å². The summed E-state index contributed by atoms with van der Waals surface area (Å²) in [6.45, 7) is 0. The molecule has 12 rings (SSSR count). The molecule has 0 N–H and O–H groups in total. The first-order chi connectivity index (χ1) is 40.7. The van der Waals surface area contributed by atoms with Crippen molar-refractivity contribution < 1.29 is 32.9 Å². The molecule has 3 aromatic heterocycles. The van der Waals surface area contributed by atoms with E-state index in [-0.39, 0.29) is 11.4 Å². The summed E-state index contributed by atoms with van der Waals surface area (Å²) in [5.41, 5.74) is -1.67. The monoisotopic (exact) mass is 815 g/mol. The third-order valence-corrected chi connectivity index (χ3v) is 10.3. The molecule has 0 saturated heterocycles. The van der Waals surface area contributed by atoms with Crippen molar-refractivity contribution in [1.82, 2.24) is 24.1 Å². The zero-order valence-electron chi connectivity index (χ0n) is 55.7. The Balaban J connectivity index is 1.30. The van der Waals surface area contributed by atoms with Crippen LogP contribution in [0.25, 0.3) is 111 Å². The lowest BCUT2D eigenvalue weighted by atomic mass is 9.98. The topological polar surface area (TPSA) is 48.5 Å². The van der Waals surface area contributed by atoms with Crippen molar-refractivity contribution in [2.24, 2.45) is 0 Å². The zero-order valence-corrected chi connectivity index (χ0v) is 31.7. The summed E-state index contributed by atoms with van der Waals surface area (Å²) < 4.78 is 219. The molecule has 0 radical (unpaired) electrons. The Bertz CT molecular complexity index is 4760. The summed E-state index contributed by atoms with van der Waals surface area (Å²) in [6, 6.07) is 3.74. The second-order valence-corrected chi connectivity index (χ2v) is 13.9. The number of rotatable bonds is 7. The second-order valence-electron chi connectivity index (χ2n) is 13.9. The van der Waals surface area contributed by atoms with E-state index >= 15 is 0 Å². The van der Waals surface area contributed by atoms with Gasteiger partial charge in [-0.05, 0) is 80.8 Å². The van der Waals surface area contributed by atoms with Gasteiger partial charge in [0.2, 0.25) is 11.9 Å². The molecule has 0 aliphatic heterocycles. The average Bonchev–Trinajstić information content (AvgIpc) is 1.54.